The van der Waals surface area contributed by atoms with Crippen molar-refractivity contribution < 1.29 is 9.53 Å². The number of ether oxygens (including phenoxy) is 1. The molecule has 0 aliphatic heterocycles. The Morgan fingerprint density at radius 3 is 2.72 bits per heavy atom. The number of nitrogens with zero attached hydrogens (tertiary/aromatic N) is 1. The molecule has 5 nitrogen and oxygen atoms in total. The molecule has 2 aromatic rings. The Hall–Kier alpha value is -2.40. The normalized spacial score (nSPS) is 16.4. The number of carbonyl (C=O) groups excluding carboxylic acids is 1. The lowest BCUT2D eigenvalue weighted by molar-refractivity contribution is 0.0636. The number of rotatable bonds is 4. The molecule has 1 amide bonds. The minimum Gasteiger partial charge on any atom is -0.444 e. The van der Waals surface area contributed by atoms with E-state index in [2.05, 4.69) is 21.7 Å². The van der Waals surface area contributed by atoms with E-state index in [4.69, 9.17) is 4.74 Å². The van der Waals surface area contributed by atoms with E-state index in [1.165, 1.54) is 16.7 Å². The third kappa shape index (κ3) is 4.79. The van der Waals surface area contributed by atoms with E-state index < -0.39 is 11.7 Å². The van der Waals surface area contributed by atoms with Crippen LogP contribution in [0.25, 0.3) is 0 Å². The van der Waals surface area contributed by atoms with Crippen molar-refractivity contribution >= 4 is 11.8 Å². The van der Waals surface area contributed by atoms with Crippen molar-refractivity contribution in [1.29, 1.82) is 0 Å². The van der Waals surface area contributed by atoms with Crippen LogP contribution in [0.15, 0.2) is 42.7 Å². The van der Waals surface area contributed by atoms with Gasteiger partial charge in [0, 0.05) is 30.7 Å². The van der Waals surface area contributed by atoms with Crippen LogP contribution in [0.5, 0.6) is 0 Å². The molecule has 0 saturated heterocycles. The number of fused-ring (bicyclic) bond motifs is 1. The van der Waals surface area contributed by atoms with E-state index in [1.54, 1.807) is 0 Å². The van der Waals surface area contributed by atoms with Gasteiger partial charge in [-0.15, -0.1) is 0 Å². The number of aromatic nitrogens is 1. The van der Waals surface area contributed by atoms with Crippen LogP contribution in [0, 0.1) is 0 Å². The molecule has 0 bridgehead atoms. The summed E-state index contributed by atoms with van der Waals surface area (Å²) in [5.74, 6) is 0. The highest BCUT2D eigenvalue weighted by atomic mass is 16.6. The van der Waals surface area contributed by atoms with Crippen LogP contribution in [-0.4, -0.2) is 16.7 Å². The van der Waals surface area contributed by atoms with Gasteiger partial charge in [0.05, 0.1) is 0 Å². The molecule has 0 fully saturated rings. The molecule has 5 heteroatoms. The fourth-order valence-corrected chi connectivity index (χ4v) is 3.07. The van der Waals surface area contributed by atoms with Crippen LogP contribution in [0.2, 0.25) is 0 Å². The number of carbonyl (C=O) groups is 1. The molecule has 1 atom stereocenters. The zero-order valence-corrected chi connectivity index (χ0v) is 15.0. The smallest absolute Gasteiger partial charge is 0.412 e. The fourth-order valence-electron chi connectivity index (χ4n) is 3.07. The molecule has 1 heterocycles. The van der Waals surface area contributed by atoms with Gasteiger partial charge < -0.3 is 10.1 Å². The Kier molecular flexibility index (Phi) is 5.04. The maximum Gasteiger partial charge on any atom is 0.412 e. The van der Waals surface area contributed by atoms with Crippen LogP contribution in [0.4, 0.5) is 10.5 Å². The second-order valence-electron chi connectivity index (χ2n) is 7.37. The number of anilines is 1. The Morgan fingerprint density at radius 1 is 1.24 bits per heavy atom. The van der Waals surface area contributed by atoms with Gasteiger partial charge in [0.1, 0.15) is 5.60 Å². The van der Waals surface area contributed by atoms with Crippen LogP contribution in [0.3, 0.4) is 0 Å². The summed E-state index contributed by atoms with van der Waals surface area (Å²) in [6.07, 6.45) is 5.28. The molecule has 0 radical (unpaired) electrons. The summed E-state index contributed by atoms with van der Waals surface area (Å²) in [5.41, 5.74) is 4.10. The highest BCUT2D eigenvalue weighted by Gasteiger charge is 2.23. The summed E-state index contributed by atoms with van der Waals surface area (Å²) in [6, 6.07) is 10.5. The molecule has 132 valence electrons. The highest BCUT2D eigenvalue weighted by molar-refractivity contribution is 5.85. The zero-order valence-electron chi connectivity index (χ0n) is 15.0. The van der Waals surface area contributed by atoms with Crippen molar-refractivity contribution in [2.45, 2.75) is 51.8 Å². The third-order valence-corrected chi connectivity index (χ3v) is 4.17. The number of hydrogen-bond donors (Lipinski definition) is 2. The highest BCUT2D eigenvalue weighted by Crippen LogP contribution is 2.33. The van der Waals surface area contributed by atoms with E-state index >= 15 is 0 Å². The largest absolute Gasteiger partial charge is 0.444 e. The van der Waals surface area contributed by atoms with E-state index in [0.29, 0.717) is 6.04 Å². The second-order valence-corrected chi connectivity index (χ2v) is 7.37. The quantitative estimate of drug-likeness (QED) is 0.876. The lowest BCUT2D eigenvalue weighted by Gasteiger charge is -2.20. The molecule has 1 aliphatic rings. The van der Waals surface area contributed by atoms with Crippen LogP contribution in [0.1, 0.15) is 49.9 Å². The summed E-state index contributed by atoms with van der Waals surface area (Å²) in [7, 11) is 0. The van der Waals surface area contributed by atoms with Gasteiger partial charge in [-0.1, -0.05) is 6.07 Å². The number of benzene rings is 1. The summed E-state index contributed by atoms with van der Waals surface area (Å²) >= 11 is 0. The molecular weight excluding hydrogens is 314 g/mol. The van der Waals surface area contributed by atoms with Crippen molar-refractivity contribution in [3.05, 3.63) is 59.4 Å². The molecule has 0 saturated carbocycles. The van der Waals surface area contributed by atoms with E-state index in [9.17, 15) is 4.79 Å². The number of amides is 1. The standard InChI is InChI=1S/C20H25N3O2/c1-20(2,3)25-19(24)23-16-5-6-17-15(12-16)4-7-18(17)22-13-14-8-10-21-11-9-14/h5-6,8-12,18,22H,4,7,13H2,1-3H3,(H,23,24). The summed E-state index contributed by atoms with van der Waals surface area (Å²) in [5, 5.41) is 6.42. The number of pyridine rings is 1. The van der Waals surface area contributed by atoms with Crippen LogP contribution in [-0.2, 0) is 17.7 Å². The molecule has 0 spiro atoms. The molecule has 1 aliphatic carbocycles. The van der Waals surface area contributed by atoms with Gasteiger partial charge in [-0.2, -0.15) is 0 Å². The first-order valence-corrected chi connectivity index (χ1v) is 8.66. The van der Waals surface area contributed by atoms with Gasteiger partial charge in [0.2, 0.25) is 0 Å². The monoisotopic (exact) mass is 339 g/mol. The lowest BCUT2D eigenvalue weighted by Crippen LogP contribution is -2.27. The summed E-state index contributed by atoms with van der Waals surface area (Å²) in [6.45, 7) is 6.39. The Bertz CT molecular complexity index is 738. The average Bonchev–Trinajstić information content (AvgIpc) is 2.94. The first-order valence-electron chi connectivity index (χ1n) is 8.66. The first-order chi connectivity index (χ1) is 11.9. The van der Waals surface area contributed by atoms with Gasteiger partial charge in [-0.05, 0) is 74.6 Å². The molecule has 1 aromatic heterocycles. The van der Waals surface area contributed by atoms with Crippen molar-refractivity contribution in [1.82, 2.24) is 10.3 Å². The fraction of sp³-hybridized carbons (Fsp3) is 0.400. The number of hydrogen-bond acceptors (Lipinski definition) is 4. The minimum atomic E-state index is -0.497. The summed E-state index contributed by atoms with van der Waals surface area (Å²) in [4.78, 5) is 15.9. The van der Waals surface area contributed by atoms with Gasteiger partial charge in [-0.25, -0.2) is 4.79 Å². The Labute approximate surface area is 148 Å². The van der Waals surface area contributed by atoms with Crippen molar-refractivity contribution in [3.8, 4) is 0 Å². The Balaban J connectivity index is 1.61. The maximum absolute atomic E-state index is 11.9. The summed E-state index contributed by atoms with van der Waals surface area (Å²) < 4.78 is 5.30. The maximum atomic E-state index is 11.9. The topological polar surface area (TPSA) is 63.2 Å². The van der Waals surface area contributed by atoms with Crippen LogP contribution >= 0.6 is 0 Å². The molecule has 1 unspecified atom stereocenters. The predicted molar refractivity (Wildman–Crippen MR) is 98.4 cm³/mol. The van der Waals surface area contributed by atoms with Crippen molar-refractivity contribution in [2.24, 2.45) is 0 Å². The zero-order chi connectivity index (χ0) is 17.9. The van der Waals surface area contributed by atoms with Gasteiger partial charge in [0.25, 0.3) is 0 Å². The van der Waals surface area contributed by atoms with Gasteiger partial charge in [-0.3, -0.25) is 10.3 Å². The minimum absolute atomic E-state index is 0.346. The average molecular weight is 339 g/mol. The number of nitrogens with one attached hydrogen (secondary N) is 2. The third-order valence-electron chi connectivity index (χ3n) is 4.17. The molecule has 25 heavy (non-hydrogen) atoms. The molecule has 3 rings (SSSR count). The predicted octanol–water partition coefficient (Wildman–Crippen LogP) is 4.21. The first kappa shape index (κ1) is 17.4. The van der Waals surface area contributed by atoms with E-state index in [-0.39, 0.29) is 0 Å². The van der Waals surface area contributed by atoms with Gasteiger partial charge in [0.15, 0.2) is 0 Å². The lowest BCUT2D eigenvalue weighted by atomic mass is 10.1. The molecule has 2 N–H and O–H groups in total. The van der Waals surface area contributed by atoms with E-state index in [0.717, 1.165) is 25.1 Å². The van der Waals surface area contributed by atoms with Gasteiger partial charge >= 0.3 is 6.09 Å². The van der Waals surface area contributed by atoms with E-state index in [1.807, 2.05) is 57.4 Å². The van der Waals surface area contributed by atoms with Crippen LogP contribution < -0.4 is 10.6 Å². The van der Waals surface area contributed by atoms with Crippen molar-refractivity contribution in [3.63, 3.8) is 0 Å². The van der Waals surface area contributed by atoms with Crippen molar-refractivity contribution in [2.75, 3.05) is 5.32 Å². The SMILES string of the molecule is CC(C)(C)OC(=O)Nc1ccc2c(c1)CCC2NCc1ccncc1. The molecular formula is C20H25N3O2. The molecule has 1 aromatic carbocycles. The number of aryl methyl sites for hydroxylation is 1. The Morgan fingerprint density at radius 2 is 2.00 bits per heavy atom. The second kappa shape index (κ2) is 7.23.